The summed E-state index contributed by atoms with van der Waals surface area (Å²) in [5.74, 6) is -0.241. The zero-order valence-electron chi connectivity index (χ0n) is 13.1. The Morgan fingerprint density at radius 2 is 1.62 bits per heavy atom. The van der Waals surface area contributed by atoms with E-state index in [1.54, 1.807) is 12.1 Å². The fraction of sp³-hybridized carbons (Fsp3) is 0. The number of phenolic OH excluding ortho intramolecular Hbond substituents is 1. The first-order chi connectivity index (χ1) is 12.1. The third-order valence-electron chi connectivity index (χ3n) is 3.62. The van der Waals surface area contributed by atoms with Gasteiger partial charge < -0.3 is 10.8 Å². The third kappa shape index (κ3) is 3.57. The Hall–Kier alpha value is -2.82. The van der Waals surface area contributed by atoms with Crippen molar-refractivity contribution in [2.45, 2.75) is 9.79 Å². The van der Waals surface area contributed by atoms with Gasteiger partial charge in [0.25, 0.3) is 20.1 Å². The number of anilines is 2. The molecule has 5 N–H and O–H groups in total. The average Bonchev–Trinajstić information content (AvgIpc) is 2.53. The fourth-order valence-electron chi connectivity index (χ4n) is 2.43. The van der Waals surface area contributed by atoms with Crippen molar-refractivity contribution in [3.05, 3.63) is 54.6 Å². The molecular weight excluding hydrogens is 380 g/mol. The molecule has 0 aliphatic carbocycles. The second kappa shape index (κ2) is 6.16. The maximum atomic E-state index is 12.6. The Bertz CT molecular complexity index is 1220. The summed E-state index contributed by atoms with van der Waals surface area (Å²) >= 11 is 0. The highest BCUT2D eigenvalue weighted by molar-refractivity contribution is 7.92. The van der Waals surface area contributed by atoms with Crippen molar-refractivity contribution >= 4 is 42.3 Å². The van der Waals surface area contributed by atoms with Crippen molar-refractivity contribution < 1.29 is 26.5 Å². The Kier molecular flexibility index (Phi) is 4.26. The molecule has 0 radical (unpaired) electrons. The summed E-state index contributed by atoms with van der Waals surface area (Å²) in [4.78, 5) is -0.683. The van der Waals surface area contributed by atoms with Gasteiger partial charge >= 0.3 is 0 Å². The largest absolute Gasteiger partial charge is 0.507 e. The number of phenols is 1. The van der Waals surface area contributed by atoms with Crippen LogP contribution in [0.1, 0.15) is 0 Å². The monoisotopic (exact) mass is 394 g/mol. The van der Waals surface area contributed by atoms with E-state index in [1.165, 1.54) is 24.3 Å². The van der Waals surface area contributed by atoms with Crippen molar-refractivity contribution in [2.24, 2.45) is 0 Å². The van der Waals surface area contributed by atoms with E-state index >= 15 is 0 Å². The third-order valence-corrected chi connectivity index (χ3v) is 5.83. The smallest absolute Gasteiger partial charge is 0.294 e. The highest BCUT2D eigenvalue weighted by Gasteiger charge is 2.18. The van der Waals surface area contributed by atoms with Crippen LogP contribution < -0.4 is 10.5 Å². The van der Waals surface area contributed by atoms with Crippen molar-refractivity contribution in [3.63, 3.8) is 0 Å². The van der Waals surface area contributed by atoms with Gasteiger partial charge in [0.05, 0.1) is 15.5 Å². The van der Waals surface area contributed by atoms with Gasteiger partial charge in [0.1, 0.15) is 5.75 Å². The molecule has 26 heavy (non-hydrogen) atoms. The number of sulfonamides is 1. The first-order valence-electron chi connectivity index (χ1n) is 7.19. The van der Waals surface area contributed by atoms with Gasteiger partial charge in [-0.2, -0.15) is 8.42 Å². The Balaban J connectivity index is 2.05. The Labute approximate surface area is 149 Å². The maximum Gasteiger partial charge on any atom is 0.294 e. The van der Waals surface area contributed by atoms with Gasteiger partial charge in [-0.05, 0) is 47.9 Å². The number of nitrogens with one attached hydrogen (secondary N) is 1. The van der Waals surface area contributed by atoms with Gasteiger partial charge in [-0.15, -0.1) is 0 Å². The van der Waals surface area contributed by atoms with Gasteiger partial charge in [0.2, 0.25) is 0 Å². The second-order valence-corrected chi connectivity index (χ2v) is 8.64. The van der Waals surface area contributed by atoms with E-state index in [0.717, 1.165) is 18.2 Å². The molecule has 3 aromatic rings. The minimum absolute atomic E-state index is 0.0627. The lowest BCUT2D eigenvalue weighted by molar-refractivity contribution is 0.479. The summed E-state index contributed by atoms with van der Waals surface area (Å²) in [6.45, 7) is 0. The second-order valence-electron chi connectivity index (χ2n) is 5.53. The Morgan fingerprint density at radius 3 is 2.31 bits per heavy atom. The van der Waals surface area contributed by atoms with Crippen LogP contribution in [0.4, 0.5) is 11.4 Å². The van der Waals surface area contributed by atoms with E-state index in [2.05, 4.69) is 4.72 Å². The molecule has 10 heteroatoms. The number of benzene rings is 3. The molecule has 0 spiro atoms. The zero-order chi connectivity index (χ0) is 19.1. The molecule has 0 saturated heterocycles. The van der Waals surface area contributed by atoms with E-state index in [9.17, 15) is 21.9 Å². The van der Waals surface area contributed by atoms with E-state index in [1.807, 2.05) is 0 Å². The average molecular weight is 394 g/mol. The summed E-state index contributed by atoms with van der Waals surface area (Å²) in [6.07, 6.45) is 0. The molecule has 0 atom stereocenters. The van der Waals surface area contributed by atoms with Crippen LogP contribution in [0.3, 0.4) is 0 Å². The molecule has 0 fully saturated rings. The highest BCUT2D eigenvalue weighted by Crippen LogP contribution is 2.31. The van der Waals surface area contributed by atoms with Crippen LogP contribution in [0.25, 0.3) is 10.8 Å². The molecular formula is C16H14N2O6S2. The van der Waals surface area contributed by atoms with Crippen LogP contribution in [-0.2, 0) is 20.1 Å². The van der Waals surface area contributed by atoms with Crippen LogP contribution in [0, 0.1) is 0 Å². The summed E-state index contributed by atoms with van der Waals surface area (Å²) in [7, 11) is -8.60. The molecule has 136 valence electrons. The Morgan fingerprint density at radius 1 is 0.885 bits per heavy atom. The van der Waals surface area contributed by atoms with Crippen LogP contribution >= 0.6 is 0 Å². The van der Waals surface area contributed by atoms with Gasteiger partial charge in [-0.3, -0.25) is 9.27 Å². The van der Waals surface area contributed by atoms with Gasteiger partial charge in [-0.25, -0.2) is 8.42 Å². The fourth-order valence-corrected chi connectivity index (χ4v) is 4.06. The predicted molar refractivity (Wildman–Crippen MR) is 97.1 cm³/mol. The van der Waals surface area contributed by atoms with Crippen molar-refractivity contribution in [2.75, 3.05) is 10.5 Å². The normalized spacial score (nSPS) is 12.2. The first-order valence-corrected chi connectivity index (χ1v) is 10.1. The number of hydrogen-bond acceptors (Lipinski definition) is 6. The molecule has 0 aromatic heterocycles. The quantitative estimate of drug-likeness (QED) is 0.392. The molecule has 3 aromatic carbocycles. The van der Waals surface area contributed by atoms with Crippen LogP contribution in [-0.4, -0.2) is 26.5 Å². The van der Waals surface area contributed by atoms with Crippen molar-refractivity contribution in [1.82, 2.24) is 0 Å². The number of nitrogen functional groups attached to an aromatic ring is 1. The molecule has 0 amide bonds. The maximum absolute atomic E-state index is 12.6. The van der Waals surface area contributed by atoms with Crippen LogP contribution in [0.5, 0.6) is 5.75 Å². The number of rotatable bonds is 4. The van der Waals surface area contributed by atoms with Gasteiger partial charge in [-0.1, -0.05) is 6.07 Å². The van der Waals surface area contributed by atoms with E-state index in [-0.39, 0.29) is 16.3 Å². The lowest BCUT2D eigenvalue weighted by Gasteiger charge is -2.11. The molecule has 8 nitrogen and oxygen atoms in total. The molecule has 0 unspecified atom stereocenters. The van der Waals surface area contributed by atoms with Crippen molar-refractivity contribution in [1.29, 1.82) is 0 Å². The molecule has 0 heterocycles. The molecule has 0 saturated carbocycles. The summed E-state index contributed by atoms with van der Waals surface area (Å²) in [5, 5.41) is 10.9. The molecule has 3 rings (SSSR count). The molecule has 0 bridgehead atoms. The minimum atomic E-state index is -4.47. The molecule has 0 aliphatic rings. The van der Waals surface area contributed by atoms with E-state index in [0.29, 0.717) is 16.5 Å². The van der Waals surface area contributed by atoms with Crippen LogP contribution in [0.2, 0.25) is 0 Å². The van der Waals surface area contributed by atoms with Gasteiger partial charge in [0.15, 0.2) is 0 Å². The van der Waals surface area contributed by atoms with E-state index < -0.39 is 25.0 Å². The summed E-state index contributed by atoms with van der Waals surface area (Å²) in [6, 6.07) is 11.8. The lowest BCUT2D eigenvalue weighted by Crippen LogP contribution is -2.13. The van der Waals surface area contributed by atoms with Crippen molar-refractivity contribution in [3.8, 4) is 5.75 Å². The van der Waals surface area contributed by atoms with Crippen LogP contribution in [0.15, 0.2) is 64.4 Å². The SMILES string of the molecule is Nc1ccc2c(O)cc(S(=O)(=O)Nc3cccc(S(=O)(=O)O)c3)cc2c1. The zero-order valence-corrected chi connectivity index (χ0v) is 14.8. The number of hydrogen-bond donors (Lipinski definition) is 4. The standard InChI is InChI=1S/C16H14N2O6S2/c17-11-4-5-15-10(6-11)7-14(9-16(15)19)25(20,21)18-12-2-1-3-13(8-12)26(22,23)24/h1-9,18-19H,17H2,(H,22,23,24). The highest BCUT2D eigenvalue weighted by atomic mass is 32.2. The summed E-state index contributed by atoms with van der Waals surface area (Å²) in [5.41, 5.74) is 6.03. The first kappa shape index (κ1) is 18.0. The number of nitrogens with two attached hydrogens (primary N) is 1. The summed E-state index contributed by atoms with van der Waals surface area (Å²) < 4.78 is 58.8. The van der Waals surface area contributed by atoms with E-state index in [4.69, 9.17) is 10.3 Å². The minimum Gasteiger partial charge on any atom is -0.507 e. The number of fused-ring (bicyclic) bond motifs is 1. The predicted octanol–water partition coefficient (Wildman–Crippen LogP) is 2.18. The molecule has 0 aliphatic heterocycles. The topological polar surface area (TPSA) is 147 Å². The number of aromatic hydroxyl groups is 1. The lowest BCUT2D eigenvalue weighted by atomic mass is 10.1. The van der Waals surface area contributed by atoms with Gasteiger partial charge in [0, 0.05) is 17.1 Å².